The number of benzene rings is 1. The van der Waals surface area contributed by atoms with Gasteiger partial charge in [-0.15, -0.1) is 12.4 Å². The zero-order valence-electron chi connectivity index (χ0n) is 14.2. The van der Waals surface area contributed by atoms with E-state index in [0.717, 1.165) is 35.3 Å². The number of H-pyrrole nitrogens is 1. The highest BCUT2D eigenvalue weighted by Crippen LogP contribution is 2.37. The van der Waals surface area contributed by atoms with Crippen molar-refractivity contribution in [2.75, 3.05) is 0 Å². The van der Waals surface area contributed by atoms with Crippen LogP contribution in [-0.4, -0.2) is 26.5 Å². The highest BCUT2D eigenvalue weighted by atomic mass is 35.5. The van der Waals surface area contributed by atoms with E-state index in [1.165, 1.54) is 0 Å². The van der Waals surface area contributed by atoms with Gasteiger partial charge in [0.25, 0.3) is 0 Å². The van der Waals surface area contributed by atoms with Gasteiger partial charge in [0.1, 0.15) is 5.82 Å². The number of hydrogen-bond acceptors (Lipinski definition) is 3. The molecule has 1 fully saturated rings. The van der Waals surface area contributed by atoms with Crippen molar-refractivity contribution in [3.05, 3.63) is 58.1 Å². The first-order chi connectivity index (χ1) is 11.6. The summed E-state index contributed by atoms with van der Waals surface area (Å²) in [6.45, 7) is 2.20. The van der Waals surface area contributed by atoms with Crippen LogP contribution in [0.1, 0.15) is 43.1 Å². The van der Waals surface area contributed by atoms with Gasteiger partial charge in [-0.3, -0.25) is 0 Å². The first kappa shape index (κ1) is 20.9. The van der Waals surface area contributed by atoms with E-state index in [-0.39, 0.29) is 23.9 Å². The molecule has 0 saturated carbocycles. The van der Waals surface area contributed by atoms with E-state index in [4.69, 9.17) is 28.2 Å². The van der Waals surface area contributed by atoms with E-state index in [1.807, 2.05) is 36.7 Å². The number of fused-ring (bicyclic) bond motifs is 1. The molecule has 26 heavy (non-hydrogen) atoms. The van der Waals surface area contributed by atoms with E-state index < -0.39 is 0 Å². The van der Waals surface area contributed by atoms with Crippen LogP contribution < -0.4 is 5.32 Å². The Labute approximate surface area is 168 Å². The van der Waals surface area contributed by atoms with Crippen LogP contribution in [0.3, 0.4) is 0 Å². The van der Waals surface area contributed by atoms with Crippen molar-refractivity contribution in [1.82, 2.24) is 20.3 Å². The van der Waals surface area contributed by atoms with Gasteiger partial charge < -0.3 is 15.8 Å². The van der Waals surface area contributed by atoms with Crippen LogP contribution in [0.5, 0.6) is 0 Å². The number of nitrogens with one attached hydrogen (secondary N) is 2. The molecule has 4 rings (SSSR count). The average Bonchev–Trinajstić information content (AvgIpc) is 3.04. The van der Waals surface area contributed by atoms with Gasteiger partial charge in [-0.2, -0.15) is 0 Å². The lowest BCUT2D eigenvalue weighted by molar-refractivity contribution is 0.300. The summed E-state index contributed by atoms with van der Waals surface area (Å²) in [7, 11) is 0. The molecule has 8 heteroatoms. The van der Waals surface area contributed by atoms with Gasteiger partial charge >= 0.3 is 0 Å². The summed E-state index contributed by atoms with van der Waals surface area (Å²) in [6.07, 6.45) is 5.73. The van der Waals surface area contributed by atoms with E-state index in [0.29, 0.717) is 22.0 Å². The smallest absolute Gasteiger partial charge is 0.132 e. The predicted octanol–water partition coefficient (Wildman–Crippen LogP) is 4.46. The minimum Gasteiger partial charge on any atom is -0.412 e. The number of aromatic nitrogens is 3. The predicted molar refractivity (Wildman–Crippen MR) is 109 cm³/mol. The lowest BCUT2D eigenvalue weighted by atomic mass is 9.85. The summed E-state index contributed by atoms with van der Waals surface area (Å²) in [5.41, 5.74) is 3.10. The highest BCUT2D eigenvalue weighted by molar-refractivity contribution is 6.42. The molecule has 0 bridgehead atoms. The molecule has 0 aliphatic carbocycles. The molecule has 3 aromatic rings. The van der Waals surface area contributed by atoms with Gasteiger partial charge in [0, 0.05) is 24.2 Å². The summed E-state index contributed by atoms with van der Waals surface area (Å²) in [6, 6.07) is 8.44. The van der Waals surface area contributed by atoms with Crippen LogP contribution in [0, 0.1) is 0 Å². The molecule has 140 valence electrons. The fraction of sp³-hybridized carbons (Fsp3) is 0.333. The van der Waals surface area contributed by atoms with Crippen molar-refractivity contribution in [2.45, 2.75) is 37.8 Å². The molecule has 0 spiro atoms. The number of aromatic amines is 1. The summed E-state index contributed by atoms with van der Waals surface area (Å²) < 4.78 is 0. The number of piperidine rings is 1. The molecule has 3 heterocycles. The number of nitrogens with zero attached hydrogens (tertiary/aromatic N) is 2. The van der Waals surface area contributed by atoms with E-state index in [2.05, 4.69) is 22.2 Å². The second kappa shape index (κ2) is 8.55. The van der Waals surface area contributed by atoms with E-state index in [1.54, 1.807) is 0 Å². The molecule has 1 aliphatic heterocycles. The van der Waals surface area contributed by atoms with E-state index in [9.17, 15) is 0 Å². The van der Waals surface area contributed by atoms with Crippen molar-refractivity contribution < 1.29 is 5.48 Å². The first-order valence-electron chi connectivity index (χ1n) is 8.11. The lowest BCUT2D eigenvalue weighted by Gasteiger charge is -2.34. The maximum absolute atomic E-state index is 6.19. The Kier molecular flexibility index (Phi) is 6.88. The monoisotopic (exact) mass is 414 g/mol. The Bertz CT molecular complexity index is 886. The standard InChI is InChI=1S/C18H18Cl2N4.ClH.H2O/c1-10-6-12(18-22-9-17-15(24-18)4-5-21-17)8-16(23-10)11-2-3-13(19)14(20)7-11;;/h2-5,7,9-10,12,16,21,23H,6,8H2,1H3;1H;1H2. The summed E-state index contributed by atoms with van der Waals surface area (Å²) in [5.74, 6) is 1.24. The van der Waals surface area contributed by atoms with Crippen LogP contribution in [0.25, 0.3) is 11.0 Å². The SMILES string of the molecule is CC1CC(c2ncc3[nH]ccc3n2)CC(c2ccc(Cl)c(Cl)c2)N1.Cl.O. The molecule has 0 amide bonds. The average molecular weight is 416 g/mol. The Balaban J connectivity index is 0.00000121. The molecule has 0 radical (unpaired) electrons. The van der Waals surface area contributed by atoms with E-state index >= 15 is 0 Å². The molecule has 1 aromatic carbocycles. The minimum atomic E-state index is 0. The molecular weight excluding hydrogens is 395 g/mol. The molecule has 1 saturated heterocycles. The molecule has 2 aromatic heterocycles. The number of halogens is 3. The minimum absolute atomic E-state index is 0. The lowest BCUT2D eigenvalue weighted by Crippen LogP contribution is -2.38. The molecule has 1 aliphatic rings. The maximum Gasteiger partial charge on any atom is 0.132 e. The Hall–Kier alpha value is -1.37. The zero-order valence-corrected chi connectivity index (χ0v) is 16.5. The first-order valence-corrected chi connectivity index (χ1v) is 8.87. The number of rotatable bonds is 2. The Morgan fingerprint density at radius 3 is 2.69 bits per heavy atom. The normalized spacial score (nSPS) is 22.5. The molecule has 5 nitrogen and oxygen atoms in total. The van der Waals surface area contributed by atoms with Gasteiger partial charge in [-0.1, -0.05) is 29.3 Å². The quantitative estimate of drug-likeness (QED) is 0.648. The molecule has 4 N–H and O–H groups in total. The van der Waals surface area contributed by atoms with Crippen molar-refractivity contribution >= 4 is 46.6 Å². The van der Waals surface area contributed by atoms with Crippen molar-refractivity contribution in [3.8, 4) is 0 Å². The Morgan fingerprint density at radius 1 is 1.12 bits per heavy atom. The van der Waals surface area contributed by atoms with Gasteiger partial charge in [-0.25, -0.2) is 9.97 Å². The van der Waals surface area contributed by atoms with Crippen LogP contribution in [0.2, 0.25) is 10.0 Å². The Morgan fingerprint density at radius 2 is 1.92 bits per heavy atom. The topological polar surface area (TPSA) is 85.1 Å². The van der Waals surface area contributed by atoms with Crippen LogP contribution >= 0.6 is 35.6 Å². The zero-order chi connectivity index (χ0) is 16.7. The third kappa shape index (κ3) is 4.13. The van der Waals surface area contributed by atoms with Crippen LogP contribution in [0.15, 0.2) is 36.7 Å². The second-order valence-corrected chi connectivity index (χ2v) is 7.28. The molecule has 3 atom stereocenters. The number of hydrogen-bond donors (Lipinski definition) is 2. The molecule has 3 unspecified atom stereocenters. The van der Waals surface area contributed by atoms with Crippen LogP contribution in [0.4, 0.5) is 0 Å². The third-order valence-electron chi connectivity index (χ3n) is 4.67. The summed E-state index contributed by atoms with van der Waals surface area (Å²) >= 11 is 12.2. The van der Waals surface area contributed by atoms with Gasteiger partial charge in [0.2, 0.25) is 0 Å². The molecular formula is C18H21Cl3N4O. The third-order valence-corrected chi connectivity index (χ3v) is 5.41. The second-order valence-electron chi connectivity index (χ2n) is 6.47. The highest BCUT2D eigenvalue weighted by Gasteiger charge is 2.30. The summed E-state index contributed by atoms with van der Waals surface area (Å²) in [5, 5.41) is 4.83. The fourth-order valence-electron chi connectivity index (χ4n) is 3.51. The van der Waals surface area contributed by atoms with Crippen LogP contribution in [-0.2, 0) is 0 Å². The summed E-state index contributed by atoms with van der Waals surface area (Å²) in [4.78, 5) is 12.5. The van der Waals surface area contributed by atoms with Crippen molar-refractivity contribution in [2.24, 2.45) is 0 Å². The van der Waals surface area contributed by atoms with Gasteiger partial charge in [0.05, 0.1) is 27.3 Å². The van der Waals surface area contributed by atoms with Crippen molar-refractivity contribution in [1.29, 1.82) is 0 Å². The van der Waals surface area contributed by atoms with Gasteiger partial charge in [0.15, 0.2) is 0 Å². The largest absolute Gasteiger partial charge is 0.412 e. The van der Waals surface area contributed by atoms with Crippen molar-refractivity contribution in [3.63, 3.8) is 0 Å². The van der Waals surface area contributed by atoms with Gasteiger partial charge in [-0.05, 0) is 43.5 Å². The maximum atomic E-state index is 6.19. The fourth-order valence-corrected chi connectivity index (χ4v) is 3.82.